The molecule has 2 aromatic carbocycles. The Morgan fingerprint density at radius 1 is 1.11 bits per heavy atom. The van der Waals surface area contributed by atoms with Gasteiger partial charge >= 0.3 is 6.09 Å². The number of amides is 2. The Bertz CT molecular complexity index is 764. The molecule has 0 aromatic heterocycles. The summed E-state index contributed by atoms with van der Waals surface area (Å²) >= 11 is 0. The Labute approximate surface area is 160 Å². The summed E-state index contributed by atoms with van der Waals surface area (Å²) < 4.78 is 5.52. The van der Waals surface area contributed by atoms with Crippen molar-refractivity contribution in [1.82, 2.24) is 9.80 Å². The molecule has 1 saturated heterocycles. The molecule has 0 radical (unpaired) electrons. The smallest absolute Gasteiger partial charge is 0.411 e. The zero-order chi connectivity index (χ0) is 19.2. The van der Waals surface area contributed by atoms with Crippen LogP contribution in [0.15, 0.2) is 60.7 Å². The van der Waals surface area contributed by atoms with Crippen LogP contribution in [-0.2, 0) is 16.1 Å². The molecule has 1 aliphatic heterocycles. The standard InChI is InChI=1S/C22H26N2O3/c1-3-20-14-21(25)23(17(2)19-12-8-5-9-13-19)16-24(20)22(26)27-15-18-10-6-4-7-11-18/h4-13,17,20H,3,14-16H2,1-2H3/t17-,20-/m0/s1. The van der Waals surface area contributed by atoms with E-state index in [-0.39, 0.29) is 37.4 Å². The van der Waals surface area contributed by atoms with E-state index in [0.717, 1.165) is 17.5 Å². The summed E-state index contributed by atoms with van der Waals surface area (Å²) in [6.45, 7) is 4.47. The highest BCUT2D eigenvalue weighted by atomic mass is 16.6. The van der Waals surface area contributed by atoms with Gasteiger partial charge in [-0.1, -0.05) is 67.6 Å². The van der Waals surface area contributed by atoms with Crippen LogP contribution < -0.4 is 0 Å². The molecular weight excluding hydrogens is 340 g/mol. The van der Waals surface area contributed by atoms with E-state index in [9.17, 15) is 9.59 Å². The molecule has 5 nitrogen and oxygen atoms in total. The molecule has 0 spiro atoms. The van der Waals surface area contributed by atoms with Gasteiger partial charge in [0.05, 0.1) is 12.7 Å². The maximum atomic E-state index is 12.7. The van der Waals surface area contributed by atoms with Gasteiger partial charge in [0, 0.05) is 12.5 Å². The zero-order valence-electron chi connectivity index (χ0n) is 15.9. The van der Waals surface area contributed by atoms with E-state index in [0.29, 0.717) is 6.42 Å². The van der Waals surface area contributed by atoms with Gasteiger partial charge in [0.25, 0.3) is 0 Å². The highest BCUT2D eigenvalue weighted by Crippen LogP contribution is 2.27. The van der Waals surface area contributed by atoms with Gasteiger partial charge in [0.1, 0.15) is 6.61 Å². The normalized spacial score (nSPS) is 18.3. The van der Waals surface area contributed by atoms with E-state index in [1.807, 2.05) is 74.5 Å². The summed E-state index contributed by atoms with van der Waals surface area (Å²) in [5.74, 6) is 0.0744. The molecule has 0 unspecified atom stereocenters. The second-order valence-electron chi connectivity index (χ2n) is 6.87. The fourth-order valence-corrected chi connectivity index (χ4v) is 3.41. The SMILES string of the molecule is CC[C@H]1CC(=O)N([C@@H](C)c2ccccc2)CN1C(=O)OCc1ccccc1. The molecule has 0 N–H and O–H groups in total. The van der Waals surface area contributed by atoms with E-state index >= 15 is 0 Å². The third-order valence-electron chi connectivity index (χ3n) is 5.14. The number of benzene rings is 2. The minimum atomic E-state index is -0.372. The maximum Gasteiger partial charge on any atom is 0.411 e. The van der Waals surface area contributed by atoms with Crippen LogP contribution in [0.25, 0.3) is 0 Å². The average molecular weight is 366 g/mol. The molecule has 142 valence electrons. The van der Waals surface area contributed by atoms with Crippen LogP contribution in [0.5, 0.6) is 0 Å². The van der Waals surface area contributed by atoms with Gasteiger partial charge in [0.2, 0.25) is 5.91 Å². The van der Waals surface area contributed by atoms with Crippen LogP contribution in [0, 0.1) is 0 Å². The van der Waals surface area contributed by atoms with E-state index < -0.39 is 0 Å². The topological polar surface area (TPSA) is 49.9 Å². The Kier molecular flexibility index (Phi) is 6.12. The monoisotopic (exact) mass is 366 g/mol. The Morgan fingerprint density at radius 2 is 1.74 bits per heavy atom. The van der Waals surface area contributed by atoms with Crippen LogP contribution >= 0.6 is 0 Å². The van der Waals surface area contributed by atoms with Crippen molar-refractivity contribution in [2.75, 3.05) is 6.67 Å². The summed E-state index contributed by atoms with van der Waals surface area (Å²) in [6.07, 6.45) is 0.678. The van der Waals surface area contributed by atoms with Gasteiger partial charge in [-0.05, 0) is 24.5 Å². The molecule has 0 aliphatic carbocycles. The number of hydrogen-bond acceptors (Lipinski definition) is 3. The molecule has 0 saturated carbocycles. The van der Waals surface area contributed by atoms with Gasteiger partial charge in [-0.15, -0.1) is 0 Å². The third-order valence-corrected chi connectivity index (χ3v) is 5.14. The lowest BCUT2D eigenvalue weighted by Crippen LogP contribution is -2.55. The Balaban J connectivity index is 1.70. The number of carbonyl (C=O) groups excluding carboxylic acids is 2. The highest BCUT2D eigenvalue weighted by Gasteiger charge is 2.37. The van der Waals surface area contributed by atoms with Crippen molar-refractivity contribution in [3.05, 3.63) is 71.8 Å². The van der Waals surface area contributed by atoms with Gasteiger partial charge in [-0.3, -0.25) is 9.69 Å². The fraction of sp³-hybridized carbons (Fsp3) is 0.364. The Hall–Kier alpha value is -2.82. The number of ether oxygens (including phenoxy) is 1. The highest BCUT2D eigenvalue weighted by molar-refractivity contribution is 5.80. The van der Waals surface area contributed by atoms with Gasteiger partial charge in [0.15, 0.2) is 0 Å². The van der Waals surface area contributed by atoms with Crippen LogP contribution in [0.4, 0.5) is 4.79 Å². The van der Waals surface area contributed by atoms with Crippen LogP contribution in [0.3, 0.4) is 0 Å². The summed E-state index contributed by atoms with van der Waals surface area (Å²) in [4.78, 5) is 28.8. The summed E-state index contributed by atoms with van der Waals surface area (Å²) in [5, 5.41) is 0. The molecule has 27 heavy (non-hydrogen) atoms. The molecule has 2 amide bonds. The molecule has 2 aromatic rings. The summed E-state index contributed by atoms with van der Waals surface area (Å²) in [5.41, 5.74) is 2.00. The van der Waals surface area contributed by atoms with Crippen molar-refractivity contribution >= 4 is 12.0 Å². The average Bonchev–Trinajstić information content (AvgIpc) is 2.72. The molecule has 3 rings (SSSR count). The first-order valence-electron chi connectivity index (χ1n) is 9.42. The predicted octanol–water partition coefficient (Wildman–Crippen LogP) is 4.35. The molecule has 1 aliphatic rings. The van der Waals surface area contributed by atoms with E-state index in [1.54, 1.807) is 9.80 Å². The van der Waals surface area contributed by atoms with E-state index in [1.165, 1.54) is 0 Å². The number of carbonyl (C=O) groups is 2. The van der Waals surface area contributed by atoms with Gasteiger partial charge in [-0.2, -0.15) is 0 Å². The van der Waals surface area contributed by atoms with Crippen LogP contribution in [0.1, 0.15) is 43.9 Å². The molecule has 5 heteroatoms. The van der Waals surface area contributed by atoms with Crippen molar-refractivity contribution in [2.45, 2.75) is 45.4 Å². The second kappa shape index (κ2) is 8.71. The van der Waals surface area contributed by atoms with Gasteiger partial charge in [-0.25, -0.2) is 4.79 Å². The zero-order valence-corrected chi connectivity index (χ0v) is 15.9. The van der Waals surface area contributed by atoms with E-state index in [4.69, 9.17) is 4.74 Å². The fourth-order valence-electron chi connectivity index (χ4n) is 3.41. The summed E-state index contributed by atoms with van der Waals surface area (Å²) in [6, 6.07) is 19.3. The molecule has 0 bridgehead atoms. The van der Waals surface area contributed by atoms with Crippen molar-refractivity contribution in [1.29, 1.82) is 0 Å². The van der Waals surface area contributed by atoms with E-state index in [2.05, 4.69) is 0 Å². The van der Waals surface area contributed by atoms with Crippen LogP contribution in [0.2, 0.25) is 0 Å². The van der Waals surface area contributed by atoms with Gasteiger partial charge < -0.3 is 9.64 Å². The number of nitrogens with zero attached hydrogens (tertiary/aromatic N) is 2. The predicted molar refractivity (Wildman–Crippen MR) is 104 cm³/mol. The van der Waals surface area contributed by atoms with Crippen molar-refractivity contribution < 1.29 is 14.3 Å². The molecule has 2 atom stereocenters. The Morgan fingerprint density at radius 3 is 2.37 bits per heavy atom. The number of hydrogen-bond donors (Lipinski definition) is 0. The van der Waals surface area contributed by atoms with Crippen LogP contribution in [-0.4, -0.2) is 34.5 Å². The summed E-state index contributed by atoms with van der Waals surface area (Å²) in [7, 11) is 0. The number of rotatable bonds is 5. The first-order valence-corrected chi connectivity index (χ1v) is 9.42. The quantitative estimate of drug-likeness (QED) is 0.790. The van der Waals surface area contributed by atoms with Crippen molar-refractivity contribution in [3.63, 3.8) is 0 Å². The minimum absolute atomic E-state index is 0.0744. The maximum absolute atomic E-state index is 12.7. The third kappa shape index (κ3) is 4.48. The first kappa shape index (κ1) is 19.0. The first-order chi connectivity index (χ1) is 13.1. The van der Waals surface area contributed by atoms with Crippen molar-refractivity contribution in [2.24, 2.45) is 0 Å². The second-order valence-corrected chi connectivity index (χ2v) is 6.87. The molecule has 1 fully saturated rings. The largest absolute Gasteiger partial charge is 0.444 e. The lowest BCUT2D eigenvalue weighted by molar-refractivity contribution is -0.142. The lowest BCUT2D eigenvalue weighted by atomic mass is 10.0. The van der Waals surface area contributed by atoms with Crippen molar-refractivity contribution in [3.8, 4) is 0 Å². The molecule has 1 heterocycles. The lowest BCUT2D eigenvalue weighted by Gasteiger charge is -2.42. The molecular formula is C22H26N2O3. The minimum Gasteiger partial charge on any atom is -0.444 e.